The lowest BCUT2D eigenvalue weighted by Crippen LogP contribution is -1.98. The predicted octanol–water partition coefficient (Wildman–Crippen LogP) is 2.47. The molecule has 2 heterocycles. The van der Waals surface area contributed by atoms with Gasteiger partial charge in [-0.1, -0.05) is 0 Å². The number of pyridine rings is 1. The standard InChI is InChI=1S/C12H11N3O/c1-9-4-10(7-14-6-9)15-8-12-3-2-11(5-13)16-12/h2-4,6-7,15H,8H2,1H3. The highest BCUT2D eigenvalue weighted by Crippen LogP contribution is 2.11. The smallest absolute Gasteiger partial charge is 0.203 e. The van der Waals surface area contributed by atoms with Crippen molar-refractivity contribution in [1.82, 2.24) is 4.98 Å². The summed E-state index contributed by atoms with van der Waals surface area (Å²) in [5, 5.41) is 11.8. The first-order chi connectivity index (χ1) is 7.78. The molecule has 0 aliphatic carbocycles. The van der Waals surface area contributed by atoms with Gasteiger partial charge in [-0.15, -0.1) is 0 Å². The number of aromatic nitrogens is 1. The molecule has 0 saturated heterocycles. The van der Waals surface area contributed by atoms with Gasteiger partial charge in [0.1, 0.15) is 11.8 Å². The quantitative estimate of drug-likeness (QED) is 0.850. The number of anilines is 1. The fourth-order valence-electron chi connectivity index (χ4n) is 1.37. The Morgan fingerprint density at radius 2 is 2.31 bits per heavy atom. The second kappa shape index (κ2) is 4.49. The Balaban J connectivity index is 2.00. The largest absolute Gasteiger partial charge is 0.449 e. The minimum atomic E-state index is 0.333. The zero-order chi connectivity index (χ0) is 11.4. The third-order valence-electron chi connectivity index (χ3n) is 2.11. The predicted molar refractivity (Wildman–Crippen MR) is 59.7 cm³/mol. The van der Waals surface area contributed by atoms with E-state index < -0.39 is 0 Å². The van der Waals surface area contributed by atoms with Crippen LogP contribution >= 0.6 is 0 Å². The van der Waals surface area contributed by atoms with Crippen molar-refractivity contribution in [3.05, 3.63) is 47.7 Å². The van der Waals surface area contributed by atoms with E-state index in [0.29, 0.717) is 12.3 Å². The van der Waals surface area contributed by atoms with Gasteiger partial charge in [-0.25, -0.2) is 0 Å². The van der Waals surface area contributed by atoms with E-state index in [2.05, 4.69) is 10.3 Å². The SMILES string of the molecule is Cc1cncc(NCc2ccc(C#N)o2)c1. The van der Waals surface area contributed by atoms with Gasteiger partial charge in [0.25, 0.3) is 0 Å². The Labute approximate surface area is 93.5 Å². The molecule has 0 bridgehead atoms. The number of furan rings is 1. The molecule has 1 N–H and O–H groups in total. The molecule has 0 saturated carbocycles. The van der Waals surface area contributed by atoms with Crippen LogP contribution in [-0.4, -0.2) is 4.98 Å². The maximum absolute atomic E-state index is 8.60. The van der Waals surface area contributed by atoms with Crippen LogP contribution in [0, 0.1) is 18.3 Å². The van der Waals surface area contributed by atoms with Crippen LogP contribution in [0.1, 0.15) is 17.1 Å². The maximum atomic E-state index is 8.60. The summed E-state index contributed by atoms with van der Waals surface area (Å²) in [6.45, 7) is 2.53. The zero-order valence-electron chi connectivity index (χ0n) is 8.90. The molecule has 2 aromatic heterocycles. The molecule has 0 unspecified atom stereocenters. The molecule has 0 aromatic carbocycles. The van der Waals surface area contributed by atoms with E-state index in [1.54, 1.807) is 24.5 Å². The summed E-state index contributed by atoms with van der Waals surface area (Å²) in [6.07, 6.45) is 3.55. The normalized spacial score (nSPS) is 9.75. The first-order valence-electron chi connectivity index (χ1n) is 4.92. The monoisotopic (exact) mass is 213 g/mol. The van der Waals surface area contributed by atoms with Crippen LogP contribution < -0.4 is 5.32 Å². The highest BCUT2D eigenvalue weighted by atomic mass is 16.3. The molecule has 0 spiro atoms. The van der Waals surface area contributed by atoms with Crippen LogP contribution in [0.3, 0.4) is 0 Å². The number of nitriles is 1. The van der Waals surface area contributed by atoms with Crippen molar-refractivity contribution in [3.63, 3.8) is 0 Å². The molecule has 2 rings (SSSR count). The number of rotatable bonds is 3. The van der Waals surface area contributed by atoms with Crippen LogP contribution in [0.5, 0.6) is 0 Å². The summed E-state index contributed by atoms with van der Waals surface area (Å²) in [6, 6.07) is 7.39. The van der Waals surface area contributed by atoms with Gasteiger partial charge >= 0.3 is 0 Å². The zero-order valence-corrected chi connectivity index (χ0v) is 8.90. The highest BCUT2D eigenvalue weighted by molar-refractivity contribution is 5.42. The second-order valence-corrected chi connectivity index (χ2v) is 3.48. The van der Waals surface area contributed by atoms with E-state index in [9.17, 15) is 0 Å². The summed E-state index contributed by atoms with van der Waals surface area (Å²) < 4.78 is 5.24. The first-order valence-corrected chi connectivity index (χ1v) is 4.92. The van der Waals surface area contributed by atoms with Crippen molar-refractivity contribution in [2.45, 2.75) is 13.5 Å². The van der Waals surface area contributed by atoms with E-state index >= 15 is 0 Å². The molecule has 80 valence electrons. The molecule has 4 heteroatoms. The summed E-state index contributed by atoms with van der Waals surface area (Å²) in [5.74, 6) is 1.07. The van der Waals surface area contributed by atoms with Crippen molar-refractivity contribution in [2.75, 3.05) is 5.32 Å². The molecule has 16 heavy (non-hydrogen) atoms. The van der Waals surface area contributed by atoms with Crippen LogP contribution in [0.2, 0.25) is 0 Å². The van der Waals surface area contributed by atoms with Crippen LogP contribution in [0.15, 0.2) is 35.0 Å². The van der Waals surface area contributed by atoms with Crippen LogP contribution in [0.25, 0.3) is 0 Å². The van der Waals surface area contributed by atoms with Gasteiger partial charge in [-0.05, 0) is 30.7 Å². The number of hydrogen-bond donors (Lipinski definition) is 1. The number of hydrogen-bond acceptors (Lipinski definition) is 4. The Hall–Kier alpha value is -2.28. The third kappa shape index (κ3) is 2.39. The minimum absolute atomic E-state index is 0.333. The van der Waals surface area contributed by atoms with Crippen molar-refractivity contribution >= 4 is 5.69 Å². The van der Waals surface area contributed by atoms with Crippen LogP contribution in [0.4, 0.5) is 5.69 Å². The summed E-state index contributed by atoms with van der Waals surface area (Å²) >= 11 is 0. The van der Waals surface area contributed by atoms with Crippen molar-refractivity contribution < 1.29 is 4.42 Å². The fourth-order valence-corrected chi connectivity index (χ4v) is 1.37. The van der Waals surface area contributed by atoms with E-state index in [-0.39, 0.29) is 0 Å². The topological polar surface area (TPSA) is 61.9 Å². The lowest BCUT2D eigenvalue weighted by atomic mass is 10.3. The van der Waals surface area contributed by atoms with Gasteiger partial charge in [0.15, 0.2) is 0 Å². The van der Waals surface area contributed by atoms with Crippen molar-refractivity contribution in [3.8, 4) is 6.07 Å². The molecular formula is C12H11N3O. The number of nitrogens with one attached hydrogen (secondary N) is 1. The number of aryl methyl sites for hydroxylation is 1. The van der Waals surface area contributed by atoms with E-state index in [1.165, 1.54) is 0 Å². The maximum Gasteiger partial charge on any atom is 0.203 e. The van der Waals surface area contributed by atoms with E-state index in [0.717, 1.165) is 17.0 Å². The average Bonchev–Trinajstić information content (AvgIpc) is 2.74. The molecule has 0 fully saturated rings. The van der Waals surface area contributed by atoms with Gasteiger partial charge in [0.05, 0.1) is 12.2 Å². The third-order valence-corrected chi connectivity index (χ3v) is 2.11. The van der Waals surface area contributed by atoms with E-state index in [4.69, 9.17) is 9.68 Å². The molecule has 0 atom stereocenters. The molecule has 0 amide bonds. The van der Waals surface area contributed by atoms with Gasteiger partial charge in [-0.2, -0.15) is 5.26 Å². The first kappa shape index (κ1) is 10.2. The fraction of sp³-hybridized carbons (Fsp3) is 0.167. The summed E-state index contributed by atoms with van der Waals surface area (Å²) in [5.41, 5.74) is 2.04. The molecule has 4 nitrogen and oxygen atoms in total. The lowest BCUT2D eigenvalue weighted by molar-refractivity contribution is 0.506. The van der Waals surface area contributed by atoms with Gasteiger partial charge in [0, 0.05) is 12.4 Å². The van der Waals surface area contributed by atoms with E-state index in [1.807, 2.05) is 19.1 Å². The van der Waals surface area contributed by atoms with Gasteiger partial charge in [0.2, 0.25) is 5.76 Å². The van der Waals surface area contributed by atoms with Crippen molar-refractivity contribution in [2.24, 2.45) is 0 Å². The second-order valence-electron chi connectivity index (χ2n) is 3.48. The minimum Gasteiger partial charge on any atom is -0.449 e. The average molecular weight is 213 g/mol. The van der Waals surface area contributed by atoms with Gasteiger partial charge in [-0.3, -0.25) is 4.98 Å². The van der Waals surface area contributed by atoms with Crippen LogP contribution in [-0.2, 0) is 6.54 Å². The Kier molecular flexibility index (Phi) is 2.88. The molecular weight excluding hydrogens is 202 g/mol. The Morgan fingerprint density at radius 3 is 3.00 bits per heavy atom. The van der Waals surface area contributed by atoms with Gasteiger partial charge < -0.3 is 9.73 Å². The molecule has 0 aliphatic heterocycles. The molecule has 2 aromatic rings. The molecule has 0 radical (unpaired) electrons. The summed E-state index contributed by atoms with van der Waals surface area (Å²) in [7, 11) is 0. The van der Waals surface area contributed by atoms with Crippen molar-refractivity contribution in [1.29, 1.82) is 5.26 Å². The molecule has 0 aliphatic rings. The Morgan fingerprint density at radius 1 is 1.44 bits per heavy atom. The summed E-state index contributed by atoms with van der Waals surface area (Å²) in [4.78, 5) is 4.07. The Bertz CT molecular complexity index is 525. The number of nitrogens with zero attached hydrogens (tertiary/aromatic N) is 2. The lowest BCUT2D eigenvalue weighted by Gasteiger charge is -2.03. The highest BCUT2D eigenvalue weighted by Gasteiger charge is 2.00.